The lowest BCUT2D eigenvalue weighted by Gasteiger charge is -2.30. The predicted octanol–water partition coefficient (Wildman–Crippen LogP) is 3.08. The molecule has 0 bridgehead atoms. The Morgan fingerprint density at radius 2 is 2.22 bits per heavy atom. The van der Waals surface area contributed by atoms with Gasteiger partial charge in [0, 0.05) is 25.9 Å². The number of hydrogen-bond donors (Lipinski definition) is 1. The highest BCUT2D eigenvalue weighted by molar-refractivity contribution is 7.99. The summed E-state index contributed by atoms with van der Waals surface area (Å²) >= 11 is 1.31. The van der Waals surface area contributed by atoms with Crippen molar-refractivity contribution < 1.29 is 9.21 Å². The van der Waals surface area contributed by atoms with Gasteiger partial charge < -0.3 is 14.3 Å². The van der Waals surface area contributed by atoms with E-state index in [9.17, 15) is 4.79 Å². The molecule has 8 heteroatoms. The van der Waals surface area contributed by atoms with Gasteiger partial charge >= 0.3 is 0 Å². The Bertz CT molecular complexity index is 889. The lowest BCUT2D eigenvalue weighted by molar-refractivity contribution is -0.130. The van der Waals surface area contributed by atoms with E-state index in [-0.39, 0.29) is 5.91 Å². The molecule has 1 unspecified atom stereocenters. The average molecular weight is 385 g/mol. The molecule has 1 aliphatic heterocycles. The summed E-state index contributed by atoms with van der Waals surface area (Å²) in [4.78, 5) is 22.1. The molecule has 142 valence electrons. The molecule has 1 atom stereocenters. The Balaban J connectivity index is 1.27. The van der Waals surface area contributed by atoms with Crippen LogP contribution in [-0.4, -0.2) is 49.8 Å². The summed E-state index contributed by atoms with van der Waals surface area (Å²) < 4.78 is 5.67. The second-order valence-corrected chi connectivity index (χ2v) is 7.96. The zero-order valence-electron chi connectivity index (χ0n) is 15.4. The van der Waals surface area contributed by atoms with Crippen molar-refractivity contribution in [2.24, 2.45) is 5.92 Å². The summed E-state index contributed by atoms with van der Waals surface area (Å²) in [6.45, 7) is 3.90. The number of aromatic nitrogens is 4. The minimum Gasteiger partial charge on any atom is -0.416 e. The second kappa shape index (κ2) is 8.12. The predicted molar refractivity (Wildman–Crippen MR) is 104 cm³/mol. The molecule has 1 N–H and O–H groups in total. The first-order valence-electron chi connectivity index (χ1n) is 9.34. The number of fused-ring (bicyclic) bond motifs is 1. The minimum absolute atomic E-state index is 0.147. The Labute approximate surface area is 161 Å². The van der Waals surface area contributed by atoms with E-state index in [1.165, 1.54) is 18.2 Å². The highest BCUT2D eigenvalue weighted by Crippen LogP contribution is 2.20. The summed E-state index contributed by atoms with van der Waals surface area (Å²) in [5, 5.41) is 8.58. The number of aryl methyl sites for hydroxylation is 2. The van der Waals surface area contributed by atoms with Crippen LogP contribution in [0.3, 0.4) is 0 Å². The first-order chi connectivity index (χ1) is 13.2. The van der Waals surface area contributed by atoms with Crippen molar-refractivity contribution in [3.63, 3.8) is 0 Å². The van der Waals surface area contributed by atoms with Gasteiger partial charge in [0.1, 0.15) is 5.82 Å². The molecule has 7 nitrogen and oxygen atoms in total. The molecule has 0 saturated carbocycles. The van der Waals surface area contributed by atoms with Crippen molar-refractivity contribution in [3.05, 3.63) is 36.0 Å². The molecule has 3 heterocycles. The summed E-state index contributed by atoms with van der Waals surface area (Å²) in [7, 11) is 0. The highest BCUT2D eigenvalue weighted by Gasteiger charge is 2.21. The van der Waals surface area contributed by atoms with E-state index in [1.54, 1.807) is 0 Å². The molecule has 1 aromatic carbocycles. The number of rotatable bonds is 6. The third-order valence-electron chi connectivity index (χ3n) is 4.79. The number of imidazole rings is 1. The summed E-state index contributed by atoms with van der Waals surface area (Å²) in [5.41, 5.74) is 1.99. The van der Waals surface area contributed by atoms with Crippen LogP contribution in [0.1, 0.15) is 31.5 Å². The van der Waals surface area contributed by atoms with Crippen LogP contribution >= 0.6 is 11.8 Å². The van der Waals surface area contributed by atoms with Gasteiger partial charge in [0.2, 0.25) is 11.8 Å². The standard InChI is InChI=1S/C19H23N5O2S/c1-13-5-4-10-24(11-13)18(25)12-27-19-23-22-17(26-19)9-8-16-20-14-6-2-3-7-15(14)21-16/h2-3,6-7,13H,4-5,8-12H2,1H3,(H,20,21). The van der Waals surface area contributed by atoms with Gasteiger partial charge in [-0.1, -0.05) is 30.8 Å². The Morgan fingerprint density at radius 1 is 1.33 bits per heavy atom. The molecule has 1 fully saturated rings. The van der Waals surface area contributed by atoms with E-state index < -0.39 is 0 Å². The van der Waals surface area contributed by atoms with Gasteiger partial charge in [-0.3, -0.25) is 4.79 Å². The molecule has 0 radical (unpaired) electrons. The lowest BCUT2D eigenvalue weighted by atomic mass is 10.0. The van der Waals surface area contributed by atoms with Gasteiger partial charge in [0.25, 0.3) is 5.22 Å². The number of piperidine rings is 1. The molecule has 1 saturated heterocycles. The van der Waals surface area contributed by atoms with E-state index in [0.29, 0.717) is 35.6 Å². The fourth-order valence-electron chi connectivity index (χ4n) is 3.38. The van der Waals surface area contributed by atoms with Crippen LogP contribution in [0, 0.1) is 5.92 Å². The van der Waals surface area contributed by atoms with Crippen LogP contribution in [0.25, 0.3) is 11.0 Å². The third-order valence-corrected chi connectivity index (χ3v) is 5.59. The number of nitrogens with zero attached hydrogens (tertiary/aromatic N) is 4. The molecule has 27 heavy (non-hydrogen) atoms. The molecule has 3 aromatic rings. The number of carbonyl (C=O) groups is 1. The molecular weight excluding hydrogens is 362 g/mol. The Kier molecular flexibility index (Phi) is 5.42. The highest BCUT2D eigenvalue weighted by atomic mass is 32.2. The quantitative estimate of drug-likeness (QED) is 0.656. The lowest BCUT2D eigenvalue weighted by Crippen LogP contribution is -2.40. The van der Waals surface area contributed by atoms with Crippen molar-refractivity contribution in [1.29, 1.82) is 0 Å². The van der Waals surface area contributed by atoms with Gasteiger partial charge in [0.05, 0.1) is 16.8 Å². The number of amides is 1. The second-order valence-electron chi connectivity index (χ2n) is 7.04. The van der Waals surface area contributed by atoms with E-state index in [2.05, 4.69) is 27.1 Å². The molecule has 1 amide bonds. The Hall–Kier alpha value is -2.35. The van der Waals surface area contributed by atoms with Crippen molar-refractivity contribution in [2.45, 2.75) is 37.8 Å². The maximum Gasteiger partial charge on any atom is 0.277 e. The van der Waals surface area contributed by atoms with Crippen LogP contribution < -0.4 is 0 Å². The van der Waals surface area contributed by atoms with Gasteiger partial charge in [-0.15, -0.1) is 10.2 Å². The fourth-order valence-corrected chi connectivity index (χ4v) is 4.06. The number of carbonyl (C=O) groups excluding carboxylic acids is 1. The maximum absolute atomic E-state index is 12.3. The smallest absolute Gasteiger partial charge is 0.277 e. The first kappa shape index (κ1) is 18.0. The summed E-state index contributed by atoms with van der Waals surface area (Å²) in [6, 6.07) is 7.95. The number of nitrogens with one attached hydrogen (secondary N) is 1. The van der Waals surface area contributed by atoms with E-state index in [4.69, 9.17) is 4.42 Å². The number of aromatic amines is 1. The zero-order valence-corrected chi connectivity index (χ0v) is 16.2. The van der Waals surface area contributed by atoms with Gasteiger partial charge in [-0.2, -0.15) is 0 Å². The van der Waals surface area contributed by atoms with Crippen LogP contribution in [0.4, 0.5) is 0 Å². The number of benzene rings is 1. The van der Waals surface area contributed by atoms with Gasteiger partial charge in [0.15, 0.2) is 0 Å². The maximum atomic E-state index is 12.3. The van der Waals surface area contributed by atoms with Gasteiger partial charge in [-0.05, 0) is 30.9 Å². The number of hydrogen-bond acceptors (Lipinski definition) is 6. The average Bonchev–Trinajstić information content (AvgIpc) is 3.30. The summed E-state index contributed by atoms with van der Waals surface area (Å²) in [5.74, 6) is 2.54. The van der Waals surface area contributed by atoms with Crippen molar-refractivity contribution in [2.75, 3.05) is 18.8 Å². The summed E-state index contributed by atoms with van der Waals surface area (Å²) in [6.07, 6.45) is 3.61. The van der Waals surface area contributed by atoms with Crippen LogP contribution in [0.5, 0.6) is 0 Å². The first-order valence-corrected chi connectivity index (χ1v) is 10.3. The normalized spacial score (nSPS) is 17.5. The van der Waals surface area contributed by atoms with Gasteiger partial charge in [-0.25, -0.2) is 4.98 Å². The van der Waals surface area contributed by atoms with E-state index in [1.807, 2.05) is 29.2 Å². The Morgan fingerprint density at radius 3 is 3.07 bits per heavy atom. The van der Waals surface area contributed by atoms with E-state index >= 15 is 0 Å². The fraction of sp³-hybridized carbons (Fsp3) is 0.474. The molecule has 4 rings (SSSR count). The van der Waals surface area contributed by atoms with Crippen LogP contribution in [-0.2, 0) is 17.6 Å². The number of thioether (sulfide) groups is 1. The largest absolute Gasteiger partial charge is 0.416 e. The molecule has 1 aliphatic rings. The molecule has 2 aromatic heterocycles. The monoisotopic (exact) mass is 385 g/mol. The van der Waals surface area contributed by atoms with Crippen molar-refractivity contribution in [3.8, 4) is 0 Å². The minimum atomic E-state index is 0.147. The zero-order chi connectivity index (χ0) is 18.6. The topological polar surface area (TPSA) is 87.9 Å². The van der Waals surface area contributed by atoms with Crippen molar-refractivity contribution in [1.82, 2.24) is 25.1 Å². The van der Waals surface area contributed by atoms with Crippen LogP contribution in [0.15, 0.2) is 33.9 Å². The molecule has 0 spiro atoms. The van der Waals surface area contributed by atoms with Crippen LogP contribution in [0.2, 0.25) is 0 Å². The third kappa shape index (κ3) is 4.50. The van der Waals surface area contributed by atoms with E-state index in [0.717, 1.165) is 36.4 Å². The number of H-pyrrole nitrogens is 1. The molecule has 0 aliphatic carbocycles. The SMILES string of the molecule is CC1CCCN(C(=O)CSc2nnc(CCc3nc4ccccc4[nH]3)o2)C1. The van der Waals surface area contributed by atoms with Crippen molar-refractivity contribution >= 4 is 28.7 Å². The molecular formula is C19H23N5O2S. The number of likely N-dealkylation sites (tertiary alicyclic amines) is 1. The number of para-hydroxylation sites is 2.